The Kier molecular flexibility index (Phi) is 6.69. The quantitative estimate of drug-likeness (QED) is 0.640. The number of benzene rings is 1. The van der Waals surface area contributed by atoms with Crippen LogP contribution in [0.1, 0.15) is 5.56 Å². The van der Waals surface area contributed by atoms with Crippen LogP contribution in [0.3, 0.4) is 0 Å². The fourth-order valence-electron chi connectivity index (χ4n) is 1.13. The number of rotatable bonds is 6. The Morgan fingerprint density at radius 1 is 1.44 bits per heavy atom. The number of alkyl halides is 1. The predicted octanol–water partition coefficient (Wildman–Crippen LogP) is 2.93. The molecular weight excluding hydrogens is 265 g/mol. The second kappa shape index (κ2) is 7.82. The summed E-state index contributed by atoms with van der Waals surface area (Å²) in [6, 6.07) is 7.78. The maximum absolute atomic E-state index is 10.8. The molecule has 2 nitrogen and oxygen atoms in total. The van der Waals surface area contributed by atoms with E-state index in [1.54, 1.807) is 11.8 Å². The van der Waals surface area contributed by atoms with Crippen molar-refractivity contribution in [2.45, 2.75) is 5.75 Å². The van der Waals surface area contributed by atoms with Crippen molar-refractivity contribution in [2.75, 3.05) is 18.2 Å². The number of thioether (sulfide) groups is 1. The molecule has 1 rings (SSSR count). The Morgan fingerprint density at radius 2 is 2.25 bits per heavy atom. The molecule has 0 radical (unpaired) electrons. The highest BCUT2D eigenvalue weighted by Crippen LogP contribution is 2.15. The minimum atomic E-state index is -0.120. The average Bonchev–Trinajstić information content (AvgIpc) is 2.28. The molecule has 0 spiro atoms. The van der Waals surface area contributed by atoms with Crippen LogP contribution in [-0.2, 0) is 10.5 Å². The average molecular weight is 278 g/mol. The Morgan fingerprint density at radius 3 is 2.94 bits per heavy atom. The van der Waals surface area contributed by atoms with Gasteiger partial charge >= 0.3 is 0 Å². The van der Waals surface area contributed by atoms with E-state index in [1.807, 2.05) is 24.3 Å². The molecule has 0 aliphatic carbocycles. The molecule has 0 heterocycles. The van der Waals surface area contributed by atoms with E-state index >= 15 is 0 Å². The summed E-state index contributed by atoms with van der Waals surface area (Å²) in [5.74, 6) is 1.68. The van der Waals surface area contributed by atoms with Crippen LogP contribution in [0.5, 0.6) is 0 Å². The lowest BCUT2D eigenvalue weighted by Gasteiger charge is -2.03. The van der Waals surface area contributed by atoms with Gasteiger partial charge in [0.15, 0.2) is 0 Å². The topological polar surface area (TPSA) is 29.1 Å². The highest BCUT2D eigenvalue weighted by Gasteiger charge is 1.98. The van der Waals surface area contributed by atoms with Gasteiger partial charge in [0.05, 0.1) is 0 Å². The summed E-state index contributed by atoms with van der Waals surface area (Å²) in [5.41, 5.74) is 1.20. The van der Waals surface area contributed by atoms with E-state index in [0.29, 0.717) is 6.54 Å². The summed E-state index contributed by atoms with van der Waals surface area (Å²) in [5, 5.41) is 3.47. The molecule has 1 aromatic carbocycles. The van der Waals surface area contributed by atoms with E-state index in [2.05, 4.69) is 5.32 Å². The predicted molar refractivity (Wildman–Crippen MR) is 71.3 cm³/mol. The molecule has 0 aromatic heterocycles. The summed E-state index contributed by atoms with van der Waals surface area (Å²) < 4.78 is 0. The largest absolute Gasteiger partial charge is 0.354 e. The van der Waals surface area contributed by atoms with Crippen molar-refractivity contribution in [3.05, 3.63) is 34.9 Å². The first-order valence-corrected chi connectivity index (χ1v) is 6.94. The Balaban J connectivity index is 2.14. The van der Waals surface area contributed by atoms with Crippen LogP contribution in [0.15, 0.2) is 24.3 Å². The number of amides is 1. The molecule has 0 atom stereocenters. The van der Waals surface area contributed by atoms with Gasteiger partial charge in [0.2, 0.25) is 5.91 Å². The molecule has 0 aliphatic rings. The van der Waals surface area contributed by atoms with Crippen molar-refractivity contribution in [1.29, 1.82) is 0 Å². The molecule has 0 saturated carbocycles. The van der Waals surface area contributed by atoms with E-state index in [1.165, 1.54) is 5.56 Å². The van der Waals surface area contributed by atoms with Gasteiger partial charge in [0.1, 0.15) is 5.88 Å². The van der Waals surface area contributed by atoms with Gasteiger partial charge in [-0.1, -0.05) is 23.7 Å². The summed E-state index contributed by atoms with van der Waals surface area (Å²) >= 11 is 13.0. The number of hydrogen-bond acceptors (Lipinski definition) is 2. The fourth-order valence-corrected chi connectivity index (χ4v) is 2.24. The third-order valence-corrected chi connectivity index (χ3v) is 3.36. The third-order valence-electron chi connectivity index (χ3n) is 1.85. The number of carbonyl (C=O) groups is 1. The van der Waals surface area contributed by atoms with E-state index in [9.17, 15) is 4.79 Å². The Bertz CT molecular complexity index is 347. The van der Waals surface area contributed by atoms with Crippen molar-refractivity contribution < 1.29 is 4.79 Å². The smallest absolute Gasteiger partial charge is 0.234 e. The first-order valence-electron chi connectivity index (χ1n) is 4.87. The number of nitrogens with one attached hydrogen (secondary N) is 1. The van der Waals surface area contributed by atoms with Gasteiger partial charge in [-0.25, -0.2) is 0 Å². The number of hydrogen-bond donors (Lipinski definition) is 1. The molecule has 1 amide bonds. The number of halogens is 2. The van der Waals surface area contributed by atoms with Crippen molar-refractivity contribution in [3.8, 4) is 0 Å². The number of carbonyl (C=O) groups excluding carboxylic acids is 1. The van der Waals surface area contributed by atoms with Crippen molar-refractivity contribution in [3.63, 3.8) is 0 Å². The Hall–Kier alpha value is -0.380. The van der Waals surface area contributed by atoms with Crippen molar-refractivity contribution >= 4 is 40.9 Å². The first-order chi connectivity index (χ1) is 7.72. The van der Waals surface area contributed by atoms with Gasteiger partial charge in [-0.05, 0) is 17.7 Å². The zero-order valence-electron chi connectivity index (χ0n) is 8.71. The zero-order chi connectivity index (χ0) is 11.8. The summed E-state index contributed by atoms with van der Waals surface area (Å²) in [7, 11) is 0. The van der Waals surface area contributed by atoms with E-state index < -0.39 is 0 Å². The SMILES string of the molecule is O=C(CCl)NCCSCc1cccc(Cl)c1. The molecule has 0 saturated heterocycles. The van der Waals surface area contributed by atoms with Crippen LogP contribution in [-0.4, -0.2) is 24.1 Å². The lowest BCUT2D eigenvalue weighted by Crippen LogP contribution is -2.26. The van der Waals surface area contributed by atoms with Crippen LogP contribution in [0.25, 0.3) is 0 Å². The minimum Gasteiger partial charge on any atom is -0.354 e. The maximum Gasteiger partial charge on any atom is 0.234 e. The second-order valence-corrected chi connectivity index (χ2v) is 4.97. The van der Waals surface area contributed by atoms with Gasteiger partial charge in [-0.3, -0.25) is 4.79 Å². The molecule has 0 fully saturated rings. The van der Waals surface area contributed by atoms with Gasteiger partial charge < -0.3 is 5.32 Å². The van der Waals surface area contributed by atoms with Gasteiger partial charge in [-0.15, -0.1) is 11.6 Å². The van der Waals surface area contributed by atoms with Crippen LogP contribution in [0.4, 0.5) is 0 Å². The second-order valence-electron chi connectivity index (χ2n) is 3.17. The van der Waals surface area contributed by atoms with E-state index in [-0.39, 0.29) is 11.8 Å². The van der Waals surface area contributed by atoms with E-state index in [0.717, 1.165) is 16.5 Å². The van der Waals surface area contributed by atoms with Gasteiger partial charge in [-0.2, -0.15) is 11.8 Å². The minimum absolute atomic E-state index is 0.0267. The summed E-state index contributed by atoms with van der Waals surface area (Å²) in [6.07, 6.45) is 0. The molecule has 0 aliphatic heterocycles. The maximum atomic E-state index is 10.8. The van der Waals surface area contributed by atoms with Gasteiger partial charge in [0, 0.05) is 23.1 Å². The molecule has 1 aromatic rings. The molecule has 16 heavy (non-hydrogen) atoms. The van der Waals surface area contributed by atoms with E-state index in [4.69, 9.17) is 23.2 Å². The standard InChI is InChI=1S/C11H13Cl2NOS/c12-7-11(15)14-4-5-16-8-9-2-1-3-10(13)6-9/h1-3,6H,4-5,7-8H2,(H,14,15). The van der Waals surface area contributed by atoms with Crippen LogP contribution in [0, 0.1) is 0 Å². The Labute approximate surface area is 110 Å². The highest BCUT2D eigenvalue weighted by molar-refractivity contribution is 7.98. The molecule has 1 N–H and O–H groups in total. The molecule has 0 unspecified atom stereocenters. The lowest BCUT2D eigenvalue weighted by molar-refractivity contribution is -0.118. The summed E-state index contributed by atoms with van der Waals surface area (Å²) in [4.78, 5) is 10.8. The fraction of sp³-hybridized carbons (Fsp3) is 0.364. The van der Waals surface area contributed by atoms with Crippen molar-refractivity contribution in [2.24, 2.45) is 0 Å². The first kappa shape index (κ1) is 13.7. The zero-order valence-corrected chi connectivity index (χ0v) is 11.0. The van der Waals surface area contributed by atoms with Crippen molar-refractivity contribution in [1.82, 2.24) is 5.32 Å². The normalized spacial score (nSPS) is 10.1. The van der Waals surface area contributed by atoms with Crippen LogP contribution >= 0.6 is 35.0 Å². The molecule has 0 bridgehead atoms. The molecule has 88 valence electrons. The monoisotopic (exact) mass is 277 g/mol. The van der Waals surface area contributed by atoms with Crippen LogP contribution < -0.4 is 5.32 Å². The third kappa shape index (κ3) is 5.64. The molecular formula is C11H13Cl2NOS. The van der Waals surface area contributed by atoms with Gasteiger partial charge in [0.25, 0.3) is 0 Å². The lowest BCUT2D eigenvalue weighted by atomic mass is 10.2. The molecule has 5 heteroatoms. The highest BCUT2D eigenvalue weighted by atomic mass is 35.5. The van der Waals surface area contributed by atoms with Crippen LogP contribution in [0.2, 0.25) is 5.02 Å². The summed E-state index contributed by atoms with van der Waals surface area (Å²) in [6.45, 7) is 0.650.